The number of nitrogens with two attached hydrogens (primary N) is 1. The van der Waals surface area contributed by atoms with Gasteiger partial charge in [-0.25, -0.2) is 4.39 Å². The maximum Gasteiger partial charge on any atom is 0.253 e. The van der Waals surface area contributed by atoms with Crippen molar-refractivity contribution in [1.82, 2.24) is 5.32 Å². The van der Waals surface area contributed by atoms with E-state index in [1.165, 1.54) is 12.1 Å². The van der Waals surface area contributed by atoms with Crippen molar-refractivity contribution in [1.29, 1.82) is 0 Å². The van der Waals surface area contributed by atoms with E-state index in [1.54, 1.807) is 31.4 Å². The van der Waals surface area contributed by atoms with Crippen LogP contribution in [0.25, 0.3) is 22.3 Å². The number of nitrogens with one attached hydrogen (secondary N) is 1. The van der Waals surface area contributed by atoms with E-state index in [-0.39, 0.29) is 17.3 Å². The molecule has 0 saturated carbocycles. The molecule has 0 aliphatic heterocycles. The molecular weight excluding hydrogens is 447 g/mol. The molecule has 3 N–H and O–H groups in total. The molecule has 0 saturated heterocycles. The highest BCUT2D eigenvalue weighted by Gasteiger charge is 2.21. The van der Waals surface area contributed by atoms with Gasteiger partial charge in [0.15, 0.2) is 0 Å². The predicted molar refractivity (Wildman–Crippen MR) is 133 cm³/mol. The lowest BCUT2D eigenvalue weighted by Crippen LogP contribution is -2.27. The fraction of sp³-hybridized carbons (Fsp3) is 0.214. The Balaban J connectivity index is 1.70. The molecule has 1 aromatic heterocycles. The summed E-state index contributed by atoms with van der Waals surface area (Å²) < 4.78 is 24.7. The van der Waals surface area contributed by atoms with Gasteiger partial charge in [-0.2, -0.15) is 0 Å². The molecule has 1 heterocycles. The van der Waals surface area contributed by atoms with Crippen molar-refractivity contribution >= 4 is 22.8 Å². The van der Waals surface area contributed by atoms with Crippen LogP contribution in [0.2, 0.25) is 0 Å². The number of rotatable bonds is 8. The number of benzene rings is 3. The predicted octanol–water partition coefficient (Wildman–Crippen LogP) is 5.32. The summed E-state index contributed by atoms with van der Waals surface area (Å²) in [5.41, 5.74) is 9.29. The minimum Gasteiger partial charge on any atom is -0.497 e. The van der Waals surface area contributed by atoms with Gasteiger partial charge in [0.25, 0.3) is 11.8 Å². The fourth-order valence-electron chi connectivity index (χ4n) is 3.95. The van der Waals surface area contributed by atoms with Crippen LogP contribution in [0.5, 0.6) is 5.75 Å². The minimum atomic E-state index is -0.634. The summed E-state index contributed by atoms with van der Waals surface area (Å²) in [4.78, 5) is 25.0. The molecule has 180 valence electrons. The van der Waals surface area contributed by atoms with Crippen molar-refractivity contribution < 1.29 is 23.1 Å². The Morgan fingerprint density at radius 2 is 1.77 bits per heavy atom. The average Bonchev–Trinajstić information content (AvgIpc) is 3.21. The van der Waals surface area contributed by atoms with E-state index >= 15 is 0 Å². The van der Waals surface area contributed by atoms with Crippen LogP contribution >= 0.6 is 0 Å². The van der Waals surface area contributed by atoms with E-state index in [1.807, 2.05) is 38.1 Å². The zero-order valence-corrected chi connectivity index (χ0v) is 19.9. The van der Waals surface area contributed by atoms with Crippen LogP contribution in [0.4, 0.5) is 4.39 Å². The van der Waals surface area contributed by atoms with Gasteiger partial charge in [-0.15, -0.1) is 0 Å². The normalized spacial score (nSPS) is 11.1. The second-order valence-corrected chi connectivity index (χ2v) is 8.86. The minimum absolute atomic E-state index is 0.163. The third-order valence-electron chi connectivity index (χ3n) is 5.65. The lowest BCUT2D eigenvalue weighted by Gasteiger charge is -2.11. The highest BCUT2D eigenvalue weighted by atomic mass is 19.1. The lowest BCUT2D eigenvalue weighted by atomic mass is 9.99. The molecule has 4 rings (SSSR count). The van der Waals surface area contributed by atoms with Crippen molar-refractivity contribution in [2.24, 2.45) is 11.7 Å². The zero-order valence-electron chi connectivity index (χ0n) is 19.9. The quantitative estimate of drug-likeness (QED) is 0.361. The van der Waals surface area contributed by atoms with E-state index in [0.29, 0.717) is 52.5 Å². The Morgan fingerprint density at radius 3 is 2.43 bits per heavy atom. The van der Waals surface area contributed by atoms with Gasteiger partial charge in [-0.05, 0) is 78.1 Å². The third-order valence-corrected chi connectivity index (χ3v) is 5.65. The highest BCUT2D eigenvalue weighted by molar-refractivity contribution is 6.10. The van der Waals surface area contributed by atoms with Gasteiger partial charge < -0.3 is 20.2 Å². The molecule has 7 heteroatoms. The lowest BCUT2D eigenvalue weighted by molar-refractivity contribution is 0.0947. The van der Waals surface area contributed by atoms with Crippen LogP contribution in [-0.2, 0) is 6.42 Å². The molecule has 0 unspecified atom stereocenters. The Hall–Kier alpha value is -4.13. The van der Waals surface area contributed by atoms with Crippen molar-refractivity contribution in [3.8, 4) is 17.1 Å². The molecule has 2 amide bonds. The fourth-order valence-corrected chi connectivity index (χ4v) is 3.95. The number of amides is 2. The van der Waals surface area contributed by atoms with Crippen LogP contribution in [0, 0.1) is 11.7 Å². The second-order valence-electron chi connectivity index (χ2n) is 8.86. The Labute approximate surface area is 202 Å². The molecular formula is C28H27FN2O4. The van der Waals surface area contributed by atoms with Gasteiger partial charge in [-0.3, -0.25) is 9.59 Å². The first-order valence-electron chi connectivity index (χ1n) is 11.3. The molecule has 35 heavy (non-hydrogen) atoms. The van der Waals surface area contributed by atoms with Gasteiger partial charge in [-0.1, -0.05) is 19.9 Å². The van der Waals surface area contributed by atoms with Crippen LogP contribution in [-0.4, -0.2) is 25.5 Å². The molecule has 3 aromatic carbocycles. The first-order valence-corrected chi connectivity index (χ1v) is 11.3. The Bertz CT molecular complexity index is 1390. The monoisotopic (exact) mass is 474 g/mol. The molecule has 0 aliphatic rings. The first-order chi connectivity index (χ1) is 16.7. The van der Waals surface area contributed by atoms with Crippen molar-refractivity contribution in [3.63, 3.8) is 0 Å². The molecule has 0 atom stereocenters. The van der Waals surface area contributed by atoms with Crippen LogP contribution in [0.3, 0.4) is 0 Å². The van der Waals surface area contributed by atoms with Gasteiger partial charge in [0.05, 0.1) is 12.7 Å². The number of primary amides is 1. The van der Waals surface area contributed by atoms with E-state index in [4.69, 9.17) is 14.9 Å². The van der Waals surface area contributed by atoms with Gasteiger partial charge in [0, 0.05) is 23.1 Å². The number of carbonyl (C=O) groups is 2. The second kappa shape index (κ2) is 10.0. The van der Waals surface area contributed by atoms with Gasteiger partial charge >= 0.3 is 0 Å². The summed E-state index contributed by atoms with van der Waals surface area (Å²) in [6, 6.07) is 16.6. The number of carbonyl (C=O) groups excluding carboxylic acids is 2. The molecule has 4 aromatic rings. The third kappa shape index (κ3) is 5.35. The van der Waals surface area contributed by atoms with Crippen molar-refractivity contribution in [2.45, 2.75) is 20.3 Å². The number of methoxy groups -OCH3 is 1. The molecule has 0 bridgehead atoms. The number of hydrogen-bond donors (Lipinski definition) is 2. The largest absolute Gasteiger partial charge is 0.497 e. The number of hydrogen-bond acceptors (Lipinski definition) is 4. The summed E-state index contributed by atoms with van der Waals surface area (Å²) in [5.74, 6) is 0.0382. The summed E-state index contributed by atoms with van der Waals surface area (Å²) >= 11 is 0. The molecule has 0 aliphatic carbocycles. The van der Waals surface area contributed by atoms with Crippen LogP contribution < -0.4 is 15.8 Å². The topological polar surface area (TPSA) is 94.6 Å². The first kappa shape index (κ1) is 24.0. The Kier molecular flexibility index (Phi) is 6.87. The molecule has 6 nitrogen and oxygen atoms in total. The molecule has 0 radical (unpaired) electrons. The highest BCUT2D eigenvalue weighted by Crippen LogP contribution is 2.34. The number of halogens is 1. The van der Waals surface area contributed by atoms with Crippen molar-refractivity contribution in [2.75, 3.05) is 13.7 Å². The number of ether oxygens (including phenoxy) is 1. The van der Waals surface area contributed by atoms with E-state index in [0.717, 1.165) is 11.1 Å². The van der Waals surface area contributed by atoms with Crippen LogP contribution in [0.15, 0.2) is 65.1 Å². The SMILES string of the molecule is COc1cc(Cc2ccc3oc(-c4ccc(F)cc4)c(C(N)=O)c3c2)cc(C(=O)NCC(C)C)c1. The molecule has 0 fully saturated rings. The standard InChI is InChI=1S/C28H27FN2O4/c1-16(2)15-31-28(33)20-11-18(12-22(14-20)34-3)10-17-4-9-24-23(13-17)25(27(30)32)26(35-24)19-5-7-21(29)8-6-19/h4-9,11-14,16H,10,15H2,1-3H3,(H2,30,32)(H,31,33). The van der Waals surface area contributed by atoms with Crippen LogP contribution in [0.1, 0.15) is 45.7 Å². The maximum absolute atomic E-state index is 13.4. The van der Waals surface area contributed by atoms with Gasteiger partial charge in [0.2, 0.25) is 0 Å². The van der Waals surface area contributed by atoms with E-state index in [2.05, 4.69) is 5.32 Å². The van der Waals surface area contributed by atoms with E-state index in [9.17, 15) is 14.0 Å². The van der Waals surface area contributed by atoms with Crippen molar-refractivity contribution in [3.05, 3.63) is 88.7 Å². The average molecular weight is 475 g/mol. The molecule has 0 spiro atoms. The number of furan rings is 1. The zero-order chi connectivity index (χ0) is 25.1. The smallest absolute Gasteiger partial charge is 0.253 e. The summed E-state index contributed by atoms with van der Waals surface area (Å²) in [5, 5.41) is 3.50. The van der Waals surface area contributed by atoms with E-state index < -0.39 is 5.91 Å². The maximum atomic E-state index is 13.4. The Morgan fingerprint density at radius 1 is 1.03 bits per heavy atom. The number of fused-ring (bicyclic) bond motifs is 1. The summed E-state index contributed by atoms with van der Waals surface area (Å²) in [6.07, 6.45) is 0.493. The van der Waals surface area contributed by atoms with Gasteiger partial charge in [0.1, 0.15) is 22.9 Å². The summed E-state index contributed by atoms with van der Waals surface area (Å²) in [7, 11) is 1.56. The summed E-state index contributed by atoms with van der Waals surface area (Å²) in [6.45, 7) is 4.64.